The quantitative estimate of drug-likeness (QED) is 0.195. The van der Waals surface area contributed by atoms with Crippen molar-refractivity contribution in [2.45, 2.75) is 123 Å². The molecule has 336 valence electrons. The van der Waals surface area contributed by atoms with Crippen LogP contribution in [0, 0.1) is 0 Å². The van der Waals surface area contributed by atoms with Gasteiger partial charge in [-0.3, -0.25) is 38.4 Å². The monoisotopic (exact) mass is 874 g/mol. The fraction of sp³-hybridized carbons (Fsp3) is 0.512. The standard InChI is InChI=1S/C41H46O21/c1-18(42)51-16-30-34(53-20(3)44)36(55-22(5)46)38(57-24(7)48)40(59-30)61-32-26-11-9-10-12-27(26)33(29-15-50-14-13-28(29)32)62-41-39(58-25(8)49)37(56-23(6)47)35(54-21(4)45)31(60-41)17-52-19(2)43/h9-14,30-31,34-41H,15-17H2,1-8H3/t30-,31-,34-,35-,36+,37+,38-,39-,40+,41+/m1/s1. The molecule has 5 rings (SSSR count). The second-order valence-corrected chi connectivity index (χ2v) is 14.1. The minimum absolute atomic E-state index is 0.0785. The number of ether oxygens (including phenoxy) is 13. The first-order chi connectivity index (χ1) is 29.3. The maximum absolute atomic E-state index is 12.6. The summed E-state index contributed by atoms with van der Waals surface area (Å²) in [6, 6.07) is 6.59. The Kier molecular flexibility index (Phi) is 15.3. The first-order valence-corrected chi connectivity index (χ1v) is 19.1. The molecule has 62 heavy (non-hydrogen) atoms. The van der Waals surface area contributed by atoms with Gasteiger partial charge in [0.25, 0.3) is 0 Å². The van der Waals surface area contributed by atoms with Crippen LogP contribution in [0.25, 0.3) is 16.8 Å². The Bertz CT molecular complexity index is 2090. The number of rotatable bonds is 14. The molecule has 2 saturated heterocycles. The van der Waals surface area contributed by atoms with E-state index in [2.05, 4.69) is 0 Å². The second kappa shape index (κ2) is 20.4. The normalized spacial score (nSPS) is 26.3. The summed E-state index contributed by atoms with van der Waals surface area (Å²) < 4.78 is 75.2. The van der Waals surface area contributed by atoms with Gasteiger partial charge >= 0.3 is 47.8 Å². The van der Waals surface area contributed by atoms with Crippen molar-refractivity contribution in [3.63, 3.8) is 0 Å². The van der Waals surface area contributed by atoms with Gasteiger partial charge in [0.05, 0.1) is 6.26 Å². The molecular formula is C41H46O21. The van der Waals surface area contributed by atoms with Crippen molar-refractivity contribution in [1.82, 2.24) is 0 Å². The van der Waals surface area contributed by atoms with Gasteiger partial charge in [-0.05, 0) is 6.08 Å². The van der Waals surface area contributed by atoms with Crippen LogP contribution in [0.2, 0.25) is 0 Å². The van der Waals surface area contributed by atoms with Crippen LogP contribution in [0.5, 0.6) is 11.5 Å². The van der Waals surface area contributed by atoms with Crippen LogP contribution in [0.4, 0.5) is 0 Å². The minimum atomic E-state index is -1.64. The van der Waals surface area contributed by atoms with E-state index >= 15 is 0 Å². The molecule has 0 radical (unpaired) electrons. The van der Waals surface area contributed by atoms with Crippen LogP contribution in [0.15, 0.2) is 30.5 Å². The van der Waals surface area contributed by atoms with Crippen LogP contribution in [-0.2, 0) is 97.1 Å². The summed E-state index contributed by atoms with van der Waals surface area (Å²) in [7, 11) is 0. The van der Waals surface area contributed by atoms with Crippen LogP contribution < -0.4 is 9.47 Å². The number of fused-ring (bicyclic) bond motifs is 2. The maximum atomic E-state index is 12.6. The Balaban J connectivity index is 1.66. The Hall–Kier alpha value is -6.48. The Morgan fingerprint density at radius 1 is 0.500 bits per heavy atom. The summed E-state index contributed by atoms with van der Waals surface area (Å²) in [5.74, 6) is -6.29. The highest BCUT2D eigenvalue weighted by atomic mass is 16.7. The first-order valence-electron chi connectivity index (χ1n) is 19.1. The molecule has 0 bridgehead atoms. The highest BCUT2D eigenvalue weighted by Gasteiger charge is 2.55. The lowest BCUT2D eigenvalue weighted by atomic mass is 9.95. The van der Waals surface area contributed by atoms with Gasteiger partial charge in [0.2, 0.25) is 24.8 Å². The highest BCUT2D eigenvalue weighted by Crippen LogP contribution is 2.46. The summed E-state index contributed by atoms with van der Waals surface area (Å²) in [5, 5.41) is 0.643. The molecule has 0 N–H and O–H groups in total. The number of carbonyl (C=O) groups excluding carboxylic acids is 8. The lowest BCUT2D eigenvalue weighted by molar-refractivity contribution is -0.288. The summed E-state index contributed by atoms with van der Waals surface area (Å²) >= 11 is 0. The molecule has 21 nitrogen and oxygen atoms in total. The van der Waals surface area contributed by atoms with E-state index in [1.807, 2.05) is 0 Å². The lowest BCUT2D eigenvalue weighted by Gasteiger charge is -2.44. The van der Waals surface area contributed by atoms with Gasteiger partial charge in [-0.15, -0.1) is 0 Å². The van der Waals surface area contributed by atoms with Gasteiger partial charge in [0.15, 0.2) is 24.4 Å². The summed E-state index contributed by atoms with van der Waals surface area (Å²) in [4.78, 5) is 98.5. The Morgan fingerprint density at radius 3 is 1.27 bits per heavy atom. The van der Waals surface area contributed by atoms with E-state index in [1.165, 1.54) is 12.3 Å². The molecule has 0 unspecified atom stereocenters. The number of esters is 8. The van der Waals surface area contributed by atoms with Crippen molar-refractivity contribution in [3.8, 4) is 11.5 Å². The molecule has 3 aliphatic rings. The number of benzene rings is 2. The smallest absolute Gasteiger partial charge is 0.303 e. The Morgan fingerprint density at radius 2 is 0.871 bits per heavy atom. The zero-order valence-corrected chi connectivity index (χ0v) is 34.9. The fourth-order valence-corrected chi connectivity index (χ4v) is 7.07. The van der Waals surface area contributed by atoms with Crippen LogP contribution in [0.3, 0.4) is 0 Å². The summed E-state index contributed by atoms with van der Waals surface area (Å²) in [6.45, 7) is 7.62. The number of carbonyl (C=O) groups is 8. The lowest BCUT2D eigenvalue weighted by Crippen LogP contribution is -2.63. The van der Waals surface area contributed by atoms with Crippen LogP contribution in [-0.4, -0.2) is 122 Å². The molecule has 0 aromatic heterocycles. The molecule has 0 aliphatic carbocycles. The third-order valence-corrected chi connectivity index (χ3v) is 9.18. The maximum Gasteiger partial charge on any atom is 0.303 e. The van der Waals surface area contributed by atoms with Crippen molar-refractivity contribution in [1.29, 1.82) is 0 Å². The predicted molar refractivity (Wildman–Crippen MR) is 203 cm³/mol. The van der Waals surface area contributed by atoms with E-state index < -0.39 is 122 Å². The van der Waals surface area contributed by atoms with Crippen molar-refractivity contribution in [2.75, 3.05) is 13.2 Å². The van der Waals surface area contributed by atoms with Crippen molar-refractivity contribution in [2.24, 2.45) is 0 Å². The number of hydrogen-bond donors (Lipinski definition) is 0. The van der Waals surface area contributed by atoms with Gasteiger partial charge in [0, 0.05) is 77.3 Å². The predicted octanol–water partition coefficient (Wildman–Crippen LogP) is 2.26. The van der Waals surface area contributed by atoms with Gasteiger partial charge in [0.1, 0.15) is 43.5 Å². The van der Waals surface area contributed by atoms with Crippen molar-refractivity contribution >= 4 is 64.6 Å². The largest absolute Gasteiger partial charge is 0.496 e. The average Bonchev–Trinajstić information content (AvgIpc) is 3.17. The minimum Gasteiger partial charge on any atom is -0.496 e. The van der Waals surface area contributed by atoms with E-state index in [-0.39, 0.29) is 18.1 Å². The second-order valence-electron chi connectivity index (χ2n) is 14.1. The molecule has 3 heterocycles. The topological polar surface area (TPSA) is 257 Å². The van der Waals surface area contributed by atoms with Gasteiger partial charge in [-0.25, -0.2) is 0 Å². The summed E-state index contributed by atoms with van der Waals surface area (Å²) in [5.41, 5.74) is 0.614. The summed E-state index contributed by atoms with van der Waals surface area (Å²) in [6.07, 6.45) is -12.2. The third kappa shape index (κ3) is 11.5. The van der Waals surface area contributed by atoms with Crippen molar-refractivity contribution < 1.29 is 99.9 Å². The Labute approximate surface area is 353 Å². The van der Waals surface area contributed by atoms with Gasteiger partial charge in [-0.2, -0.15) is 0 Å². The molecule has 0 saturated carbocycles. The zero-order valence-electron chi connectivity index (χ0n) is 34.9. The molecule has 2 aromatic rings. The SMILES string of the molecule is CC(=O)OC[C@H]1O[C@@H](Oc2c3c(c(O[C@@H]4O[C@H](COC(C)=O)[C@@H](OC(C)=O)[C@H](OC(C)=O)[C@H]4OC(C)=O)c4ccccc24)COC=C3)[C@H](OC(C)=O)[C@@H](OC(C)=O)[C@@H]1OC(C)=O. The zero-order chi connectivity index (χ0) is 45.4. The van der Waals surface area contributed by atoms with E-state index in [1.54, 1.807) is 24.3 Å². The number of hydrogen-bond acceptors (Lipinski definition) is 21. The van der Waals surface area contributed by atoms with Gasteiger partial charge < -0.3 is 61.6 Å². The molecule has 0 amide bonds. The molecule has 21 heteroatoms. The van der Waals surface area contributed by atoms with E-state index in [0.717, 1.165) is 55.4 Å². The van der Waals surface area contributed by atoms with Crippen molar-refractivity contribution in [3.05, 3.63) is 41.7 Å². The van der Waals surface area contributed by atoms with E-state index in [0.29, 0.717) is 21.9 Å². The van der Waals surface area contributed by atoms with Crippen LogP contribution in [0.1, 0.15) is 66.5 Å². The third-order valence-electron chi connectivity index (χ3n) is 9.18. The highest BCUT2D eigenvalue weighted by molar-refractivity contribution is 5.98. The molecule has 3 aliphatic heterocycles. The fourth-order valence-electron chi connectivity index (χ4n) is 7.07. The molecular weight excluding hydrogens is 828 g/mol. The first kappa shape index (κ1) is 46.6. The van der Waals surface area contributed by atoms with E-state index in [4.69, 9.17) is 61.6 Å². The van der Waals surface area contributed by atoms with Crippen LogP contribution >= 0.6 is 0 Å². The average molecular weight is 875 g/mol. The van der Waals surface area contributed by atoms with Gasteiger partial charge in [-0.1, -0.05) is 24.3 Å². The molecule has 2 aromatic carbocycles. The molecule has 10 atom stereocenters. The van der Waals surface area contributed by atoms with E-state index in [9.17, 15) is 38.4 Å². The molecule has 0 spiro atoms. The molecule has 2 fully saturated rings.